The maximum Gasteiger partial charge on any atom is 0.222 e. The van der Waals surface area contributed by atoms with Crippen molar-refractivity contribution in [2.45, 2.75) is 129 Å². The molecular formula is C35H55NO2. The highest BCUT2D eigenvalue weighted by Crippen LogP contribution is 2.64. The molecule has 212 valence electrons. The van der Waals surface area contributed by atoms with Gasteiger partial charge in [-0.3, -0.25) is 4.79 Å². The fourth-order valence-electron chi connectivity index (χ4n) is 8.42. The summed E-state index contributed by atoms with van der Waals surface area (Å²) >= 11 is 0. The van der Waals surface area contributed by atoms with Crippen LogP contribution in [0, 0.1) is 23.2 Å². The number of rotatable bonds is 14. The summed E-state index contributed by atoms with van der Waals surface area (Å²) in [7, 11) is 1.95. The molecule has 0 spiro atoms. The standard InChI is InChI=1S/C35H55NO2/c1-5-6-23-36(4)33(38)16-14-12-10-8-7-9-11-13-15-27-24-28-25-29(37)18-19-30(28)31-21-22-35(3)26(2)17-20-32(35)34(27)31/h18-19,25,27,31-32,34,37H,2,5-17,20-24H2,1,3-4H3/t27-,31?,32?,34?,35-/m1/s1. The summed E-state index contributed by atoms with van der Waals surface area (Å²) in [6, 6.07) is 6.23. The van der Waals surface area contributed by atoms with E-state index in [1.807, 2.05) is 18.0 Å². The van der Waals surface area contributed by atoms with Gasteiger partial charge in [-0.1, -0.05) is 83.4 Å². The first-order chi connectivity index (χ1) is 18.3. The minimum absolute atomic E-state index is 0.321. The highest BCUT2D eigenvalue weighted by molar-refractivity contribution is 5.75. The second kappa shape index (κ2) is 13.5. The van der Waals surface area contributed by atoms with E-state index in [0.717, 1.165) is 56.4 Å². The molecule has 2 saturated carbocycles. The van der Waals surface area contributed by atoms with Crippen LogP contribution in [-0.2, 0) is 11.2 Å². The van der Waals surface area contributed by atoms with Crippen LogP contribution < -0.4 is 0 Å². The van der Waals surface area contributed by atoms with Crippen molar-refractivity contribution in [1.82, 2.24) is 4.90 Å². The molecular weight excluding hydrogens is 466 g/mol. The molecule has 5 atom stereocenters. The lowest BCUT2D eigenvalue weighted by Crippen LogP contribution is -2.44. The maximum absolute atomic E-state index is 12.2. The molecule has 3 aliphatic carbocycles. The van der Waals surface area contributed by atoms with E-state index in [1.54, 1.807) is 0 Å². The zero-order valence-electron chi connectivity index (χ0n) is 24.8. The van der Waals surface area contributed by atoms with Crippen molar-refractivity contribution in [3.63, 3.8) is 0 Å². The number of benzene rings is 1. The third kappa shape index (κ3) is 6.68. The zero-order valence-corrected chi connectivity index (χ0v) is 24.8. The number of carbonyl (C=O) groups is 1. The first kappa shape index (κ1) is 29.2. The van der Waals surface area contributed by atoms with E-state index in [-0.39, 0.29) is 0 Å². The smallest absolute Gasteiger partial charge is 0.222 e. The first-order valence-corrected chi connectivity index (χ1v) is 16.1. The van der Waals surface area contributed by atoms with E-state index in [0.29, 0.717) is 23.0 Å². The molecule has 1 aromatic rings. The number of aromatic hydroxyl groups is 1. The summed E-state index contributed by atoms with van der Waals surface area (Å²) in [4.78, 5) is 14.1. The van der Waals surface area contributed by atoms with Gasteiger partial charge < -0.3 is 10.0 Å². The Morgan fingerprint density at radius 3 is 2.50 bits per heavy atom. The largest absolute Gasteiger partial charge is 0.508 e. The summed E-state index contributed by atoms with van der Waals surface area (Å²) in [5, 5.41) is 10.2. The number of fused-ring (bicyclic) bond motifs is 5. The Kier molecular flexibility index (Phi) is 10.4. The average molecular weight is 522 g/mol. The summed E-state index contributed by atoms with van der Waals surface area (Å²) in [5.74, 6) is 3.75. The van der Waals surface area contributed by atoms with Crippen molar-refractivity contribution < 1.29 is 9.90 Å². The predicted molar refractivity (Wildman–Crippen MR) is 159 cm³/mol. The van der Waals surface area contributed by atoms with Gasteiger partial charge in [-0.2, -0.15) is 0 Å². The Morgan fingerprint density at radius 1 is 1.05 bits per heavy atom. The van der Waals surface area contributed by atoms with Gasteiger partial charge in [-0.05, 0) is 104 Å². The van der Waals surface area contributed by atoms with E-state index in [9.17, 15) is 9.90 Å². The van der Waals surface area contributed by atoms with E-state index >= 15 is 0 Å². The predicted octanol–water partition coefficient (Wildman–Crippen LogP) is 9.19. The van der Waals surface area contributed by atoms with Gasteiger partial charge in [0.2, 0.25) is 5.91 Å². The Balaban J connectivity index is 1.19. The van der Waals surface area contributed by atoms with Gasteiger partial charge in [-0.15, -0.1) is 0 Å². The molecule has 0 bridgehead atoms. The van der Waals surface area contributed by atoms with E-state index in [1.165, 1.54) is 93.7 Å². The van der Waals surface area contributed by atoms with Crippen molar-refractivity contribution in [3.8, 4) is 5.75 Å². The number of hydrogen-bond acceptors (Lipinski definition) is 2. The Hall–Kier alpha value is -1.77. The van der Waals surface area contributed by atoms with Gasteiger partial charge in [0.1, 0.15) is 5.75 Å². The van der Waals surface area contributed by atoms with Crippen LogP contribution in [0.5, 0.6) is 5.75 Å². The molecule has 3 nitrogen and oxygen atoms in total. The van der Waals surface area contributed by atoms with Crippen LogP contribution in [-0.4, -0.2) is 29.5 Å². The molecule has 0 radical (unpaired) electrons. The number of carbonyl (C=O) groups excluding carboxylic acids is 1. The molecule has 4 rings (SSSR count). The highest BCUT2D eigenvalue weighted by atomic mass is 16.3. The molecule has 0 saturated heterocycles. The van der Waals surface area contributed by atoms with Gasteiger partial charge in [0, 0.05) is 20.0 Å². The lowest BCUT2D eigenvalue weighted by atomic mass is 9.52. The van der Waals surface area contributed by atoms with Crippen molar-refractivity contribution in [2.24, 2.45) is 23.2 Å². The Labute approximate surface area is 233 Å². The number of unbranched alkanes of at least 4 members (excludes halogenated alkanes) is 8. The highest BCUT2D eigenvalue weighted by Gasteiger charge is 2.54. The van der Waals surface area contributed by atoms with Crippen molar-refractivity contribution in [2.75, 3.05) is 13.6 Å². The second-order valence-electron chi connectivity index (χ2n) is 13.3. The Bertz CT molecular complexity index is 938. The molecule has 3 unspecified atom stereocenters. The van der Waals surface area contributed by atoms with E-state index < -0.39 is 0 Å². The maximum atomic E-state index is 12.2. The molecule has 38 heavy (non-hydrogen) atoms. The topological polar surface area (TPSA) is 40.5 Å². The fourth-order valence-corrected chi connectivity index (χ4v) is 8.42. The normalized spacial score (nSPS) is 28.0. The number of phenolic OH excluding ortho intramolecular Hbond substituents is 1. The van der Waals surface area contributed by atoms with Crippen LogP contribution in [0.15, 0.2) is 30.4 Å². The molecule has 3 heteroatoms. The summed E-state index contributed by atoms with van der Waals surface area (Å²) in [6.45, 7) is 10.1. The Morgan fingerprint density at radius 2 is 1.76 bits per heavy atom. The van der Waals surface area contributed by atoms with Crippen LogP contribution in [0.4, 0.5) is 0 Å². The fraction of sp³-hybridized carbons (Fsp3) is 0.743. The summed E-state index contributed by atoms with van der Waals surface area (Å²) in [6.07, 6.45) is 20.8. The quantitative estimate of drug-likeness (QED) is 0.196. The number of amides is 1. The molecule has 1 aromatic carbocycles. The molecule has 0 aromatic heterocycles. The van der Waals surface area contributed by atoms with Gasteiger partial charge in [0.15, 0.2) is 0 Å². The molecule has 1 amide bonds. The minimum Gasteiger partial charge on any atom is -0.508 e. The molecule has 0 heterocycles. The second-order valence-corrected chi connectivity index (χ2v) is 13.3. The molecule has 2 fully saturated rings. The summed E-state index contributed by atoms with van der Waals surface area (Å²) in [5.41, 5.74) is 4.83. The zero-order chi connectivity index (χ0) is 27.1. The van der Waals surface area contributed by atoms with Gasteiger partial charge >= 0.3 is 0 Å². The molecule has 3 aliphatic rings. The monoisotopic (exact) mass is 521 g/mol. The van der Waals surface area contributed by atoms with Gasteiger partial charge in [-0.25, -0.2) is 0 Å². The SMILES string of the molecule is C=C1CCC2C3C(CC[C@]12C)c1ccc(O)cc1C[C@H]3CCCCCCCCCCC(=O)N(C)CCCC. The van der Waals surface area contributed by atoms with Crippen LogP contribution in [0.3, 0.4) is 0 Å². The lowest BCUT2D eigenvalue weighted by molar-refractivity contribution is -0.130. The number of hydrogen-bond donors (Lipinski definition) is 1. The molecule has 1 N–H and O–H groups in total. The number of allylic oxidation sites excluding steroid dienone is 1. The number of nitrogens with zero attached hydrogens (tertiary/aromatic N) is 1. The molecule has 0 aliphatic heterocycles. The third-order valence-corrected chi connectivity index (χ3v) is 10.8. The average Bonchev–Trinajstić information content (AvgIpc) is 3.21. The minimum atomic E-state index is 0.321. The van der Waals surface area contributed by atoms with Crippen molar-refractivity contribution in [1.29, 1.82) is 0 Å². The van der Waals surface area contributed by atoms with Crippen molar-refractivity contribution in [3.05, 3.63) is 41.5 Å². The van der Waals surface area contributed by atoms with Gasteiger partial charge in [0.25, 0.3) is 0 Å². The first-order valence-electron chi connectivity index (χ1n) is 16.1. The van der Waals surface area contributed by atoms with Crippen LogP contribution in [0.25, 0.3) is 0 Å². The number of phenols is 1. The van der Waals surface area contributed by atoms with E-state index in [4.69, 9.17) is 0 Å². The van der Waals surface area contributed by atoms with Crippen LogP contribution >= 0.6 is 0 Å². The summed E-state index contributed by atoms with van der Waals surface area (Å²) < 4.78 is 0. The third-order valence-electron chi connectivity index (χ3n) is 10.8. The van der Waals surface area contributed by atoms with E-state index in [2.05, 4.69) is 32.6 Å². The van der Waals surface area contributed by atoms with Crippen LogP contribution in [0.2, 0.25) is 0 Å². The van der Waals surface area contributed by atoms with Crippen molar-refractivity contribution >= 4 is 5.91 Å². The lowest BCUT2D eigenvalue weighted by Gasteiger charge is -2.52. The van der Waals surface area contributed by atoms with Crippen LogP contribution in [0.1, 0.15) is 134 Å². The van der Waals surface area contributed by atoms with Gasteiger partial charge in [0.05, 0.1) is 0 Å².